The monoisotopic (exact) mass is 353 g/mol. The number of nitrogens with one attached hydrogen (secondary N) is 1. The molecule has 132 valence electrons. The molecule has 0 atom stereocenters. The lowest BCUT2D eigenvalue weighted by Gasteiger charge is -2.14. The molecule has 1 amide bonds. The number of hydrogen-bond donors (Lipinski definition) is 1. The molecule has 2 aromatic carbocycles. The van der Waals surface area contributed by atoms with Gasteiger partial charge in [0.15, 0.2) is 0 Å². The predicted octanol–water partition coefficient (Wildman–Crippen LogP) is 3.65. The van der Waals surface area contributed by atoms with Gasteiger partial charge in [0.25, 0.3) is 0 Å². The molecular formula is C17H14F3NO4. The first-order valence-corrected chi connectivity index (χ1v) is 7.01. The summed E-state index contributed by atoms with van der Waals surface area (Å²) >= 11 is 0. The summed E-state index contributed by atoms with van der Waals surface area (Å²) < 4.78 is 47.4. The van der Waals surface area contributed by atoms with E-state index in [1.165, 1.54) is 19.2 Å². The minimum Gasteiger partial charge on any atom is -0.497 e. The molecule has 5 nitrogen and oxygen atoms in total. The lowest BCUT2D eigenvalue weighted by molar-refractivity contribution is -0.167. The highest BCUT2D eigenvalue weighted by molar-refractivity contribution is 6.01. The fourth-order valence-corrected chi connectivity index (χ4v) is 2.13. The van der Waals surface area contributed by atoms with Crippen LogP contribution in [0.5, 0.6) is 5.75 Å². The Hall–Kier alpha value is -3.03. The maximum atomic E-state index is 12.6. The molecule has 25 heavy (non-hydrogen) atoms. The van der Waals surface area contributed by atoms with Gasteiger partial charge in [-0.25, -0.2) is 4.79 Å². The number of ether oxygens (including phenoxy) is 2. The van der Waals surface area contributed by atoms with E-state index in [-0.39, 0.29) is 11.3 Å². The third-order valence-electron chi connectivity index (χ3n) is 3.33. The summed E-state index contributed by atoms with van der Waals surface area (Å²) in [7, 11) is 2.60. The molecule has 0 aliphatic rings. The highest BCUT2D eigenvalue weighted by Gasteiger charge is 2.39. The zero-order chi connectivity index (χ0) is 18.6. The minimum atomic E-state index is -5.06. The van der Waals surface area contributed by atoms with Crippen molar-refractivity contribution in [1.82, 2.24) is 0 Å². The maximum Gasteiger partial charge on any atom is 0.471 e. The quantitative estimate of drug-likeness (QED) is 0.852. The van der Waals surface area contributed by atoms with Crippen LogP contribution in [0, 0.1) is 0 Å². The molecule has 0 aromatic heterocycles. The Bertz CT molecular complexity index is 803. The molecule has 0 aliphatic heterocycles. The van der Waals surface area contributed by atoms with E-state index in [2.05, 4.69) is 4.74 Å². The third kappa shape index (κ3) is 4.28. The van der Waals surface area contributed by atoms with Crippen LogP contribution in [0.25, 0.3) is 11.1 Å². The number of alkyl halides is 3. The SMILES string of the molecule is COC(=O)c1ccc(-c2cccc(OC)c2)c(NC(=O)C(F)(F)F)c1. The minimum absolute atomic E-state index is 0.00613. The molecule has 1 N–H and O–H groups in total. The highest BCUT2D eigenvalue weighted by Crippen LogP contribution is 2.32. The van der Waals surface area contributed by atoms with Crippen molar-refractivity contribution in [2.24, 2.45) is 0 Å². The standard InChI is InChI=1S/C17H14F3NO4/c1-24-12-5-3-4-10(8-12)13-7-6-11(15(22)25-2)9-14(13)21-16(23)17(18,19)20/h3-9H,1-2H3,(H,21,23). The van der Waals surface area contributed by atoms with Crippen LogP contribution in [-0.2, 0) is 9.53 Å². The van der Waals surface area contributed by atoms with Crippen molar-refractivity contribution in [2.45, 2.75) is 6.18 Å². The number of anilines is 1. The van der Waals surface area contributed by atoms with Crippen LogP contribution in [0.3, 0.4) is 0 Å². The lowest BCUT2D eigenvalue weighted by atomic mass is 10.0. The van der Waals surface area contributed by atoms with E-state index in [0.717, 1.165) is 13.2 Å². The molecule has 0 heterocycles. The molecule has 2 aromatic rings. The van der Waals surface area contributed by atoms with E-state index < -0.39 is 18.1 Å². The van der Waals surface area contributed by atoms with Crippen LogP contribution < -0.4 is 10.1 Å². The molecule has 0 fully saturated rings. The number of methoxy groups -OCH3 is 2. The van der Waals surface area contributed by atoms with Crippen molar-refractivity contribution >= 4 is 17.6 Å². The first kappa shape index (κ1) is 18.3. The number of rotatable bonds is 4. The van der Waals surface area contributed by atoms with Gasteiger partial charge in [-0.2, -0.15) is 13.2 Å². The van der Waals surface area contributed by atoms with Crippen molar-refractivity contribution in [1.29, 1.82) is 0 Å². The molecule has 0 bridgehead atoms. The number of carbonyl (C=O) groups excluding carboxylic acids is 2. The van der Waals surface area contributed by atoms with E-state index in [9.17, 15) is 22.8 Å². The van der Waals surface area contributed by atoms with Crippen molar-refractivity contribution in [3.05, 3.63) is 48.0 Å². The average Bonchev–Trinajstić information content (AvgIpc) is 2.60. The van der Waals surface area contributed by atoms with Gasteiger partial charge in [0, 0.05) is 11.3 Å². The zero-order valence-electron chi connectivity index (χ0n) is 13.3. The summed E-state index contributed by atoms with van der Waals surface area (Å²) in [4.78, 5) is 22.9. The van der Waals surface area contributed by atoms with Gasteiger partial charge in [0.05, 0.1) is 19.8 Å². The summed E-state index contributed by atoms with van der Waals surface area (Å²) in [6.07, 6.45) is -5.06. The van der Waals surface area contributed by atoms with Crippen LogP contribution in [0.1, 0.15) is 10.4 Å². The highest BCUT2D eigenvalue weighted by atomic mass is 19.4. The van der Waals surface area contributed by atoms with Crippen molar-refractivity contribution in [3.63, 3.8) is 0 Å². The lowest BCUT2D eigenvalue weighted by Crippen LogP contribution is -2.30. The molecule has 0 saturated carbocycles. The summed E-state index contributed by atoms with van der Waals surface area (Å²) in [5.41, 5.74) is 0.641. The van der Waals surface area contributed by atoms with Gasteiger partial charge in [-0.1, -0.05) is 18.2 Å². The van der Waals surface area contributed by atoms with E-state index in [4.69, 9.17) is 4.74 Å². The van der Waals surface area contributed by atoms with E-state index >= 15 is 0 Å². The van der Waals surface area contributed by atoms with E-state index in [0.29, 0.717) is 16.9 Å². The second kappa shape index (κ2) is 7.25. The van der Waals surface area contributed by atoms with Gasteiger partial charge in [-0.15, -0.1) is 0 Å². The first-order chi connectivity index (χ1) is 11.8. The number of benzene rings is 2. The van der Waals surface area contributed by atoms with Gasteiger partial charge in [-0.05, 0) is 29.8 Å². The zero-order valence-corrected chi connectivity index (χ0v) is 13.3. The summed E-state index contributed by atoms with van der Waals surface area (Å²) in [5.74, 6) is -2.39. The fourth-order valence-electron chi connectivity index (χ4n) is 2.13. The number of esters is 1. The number of amides is 1. The third-order valence-corrected chi connectivity index (χ3v) is 3.33. The summed E-state index contributed by atoms with van der Waals surface area (Å²) in [5, 5.41) is 1.79. The Balaban J connectivity index is 2.54. The molecule has 0 unspecified atom stereocenters. The largest absolute Gasteiger partial charge is 0.497 e. The van der Waals surface area contributed by atoms with Gasteiger partial charge in [0.2, 0.25) is 0 Å². The second-order valence-corrected chi connectivity index (χ2v) is 4.94. The van der Waals surface area contributed by atoms with Crippen LogP contribution in [0.4, 0.5) is 18.9 Å². The molecule has 0 saturated heterocycles. The Labute approximate surface area is 141 Å². The topological polar surface area (TPSA) is 64.6 Å². The van der Waals surface area contributed by atoms with Gasteiger partial charge in [-0.3, -0.25) is 4.79 Å². The number of carbonyl (C=O) groups is 2. The molecule has 0 radical (unpaired) electrons. The average molecular weight is 353 g/mol. The molecule has 2 rings (SSSR count). The van der Waals surface area contributed by atoms with E-state index in [1.54, 1.807) is 29.6 Å². The summed E-state index contributed by atoms with van der Waals surface area (Å²) in [6, 6.07) is 10.5. The molecule has 0 aliphatic carbocycles. The Morgan fingerprint density at radius 1 is 1.04 bits per heavy atom. The number of halogens is 3. The van der Waals surface area contributed by atoms with Crippen molar-refractivity contribution in [3.8, 4) is 16.9 Å². The van der Waals surface area contributed by atoms with Gasteiger partial charge < -0.3 is 14.8 Å². The smallest absolute Gasteiger partial charge is 0.471 e. The van der Waals surface area contributed by atoms with Gasteiger partial charge in [0.1, 0.15) is 5.75 Å². The first-order valence-electron chi connectivity index (χ1n) is 7.01. The number of hydrogen-bond acceptors (Lipinski definition) is 4. The fraction of sp³-hybridized carbons (Fsp3) is 0.176. The van der Waals surface area contributed by atoms with E-state index in [1.807, 2.05) is 0 Å². The van der Waals surface area contributed by atoms with Gasteiger partial charge >= 0.3 is 18.1 Å². The maximum absolute atomic E-state index is 12.6. The van der Waals surface area contributed by atoms with Crippen LogP contribution in [-0.4, -0.2) is 32.3 Å². The normalized spacial score (nSPS) is 10.9. The molecular weight excluding hydrogens is 339 g/mol. The van der Waals surface area contributed by atoms with Crippen LogP contribution >= 0.6 is 0 Å². The summed E-state index contributed by atoms with van der Waals surface area (Å²) in [6.45, 7) is 0. The molecule has 8 heteroatoms. The predicted molar refractivity (Wildman–Crippen MR) is 84.5 cm³/mol. The second-order valence-electron chi connectivity index (χ2n) is 4.94. The van der Waals surface area contributed by atoms with Crippen molar-refractivity contribution < 1.29 is 32.2 Å². The Kier molecular flexibility index (Phi) is 5.31. The Morgan fingerprint density at radius 3 is 2.36 bits per heavy atom. The van der Waals surface area contributed by atoms with Crippen LogP contribution in [0.2, 0.25) is 0 Å². The molecule has 0 spiro atoms. The van der Waals surface area contributed by atoms with Crippen molar-refractivity contribution in [2.75, 3.05) is 19.5 Å². The van der Waals surface area contributed by atoms with Crippen LogP contribution in [0.15, 0.2) is 42.5 Å². The Morgan fingerprint density at radius 2 is 1.76 bits per heavy atom.